The van der Waals surface area contributed by atoms with Gasteiger partial charge >= 0.3 is 11.9 Å². The van der Waals surface area contributed by atoms with Crippen molar-refractivity contribution in [2.75, 3.05) is 6.61 Å². The summed E-state index contributed by atoms with van der Waals surface area (Å²) in [5.74, 6) is -0.837. The molecule has 0 spiro atoms. The minimum Gasteiger partial charge on any atom is -0.482 e. The molecule has 6 heteroatoms. The standard InChI is InChI=1S/C20H17NO5/c1-12-3-6-15(9-13(12)2)19-21-17(20(24)26-19)10-14-4-7-16(8-5-14)25-11-18(22)23/h3-10H,11H2,1-2H3,(H,22,23). The van der Waals surface area contributed by atoms with Gasteiger partial charge in [-0.3, -0.25) is 0 Å². The number of esters is 1. The Bertz CT molecular complexity index is 926. The van der Waals surface area contributed by atoms with Gasteiger partial charge < -0.3 is 14.6 Å². The lowest BCUT2D eigenvalue weighted by Crippen LogP contribution is -2.09. The second-order valence-electron chi connectivity index (χ2n) is 5.89. The molecular weight excluding hydrogens is 334 g/mol. The SMILES string of the molecule is Cc1ccc(C2=NC(=Cc3ccc(OCC(=O)O)cc3)C(=O)O2)cc1C. The highest BCUT2D eigenvalue weighted by molar-refractivity contribution is 6.12. The normalized spacial score (nSPS) is 14.9. The van der Waals surface area contributed by atoms with Crippen LogP contribution >= 0.6 is 0 Å². The molecule has 0 aromatic heterocycles. The topological polar surface area (TPSA) is 85.2 Å². The van der Waals surface area contributed by atoms with Gasteiger partial charge in [-0.1, -0.05) is 18.2 Å². The number of cyclic esters (lactones) is 1. The Balaban J connectivity index is 1.79. The number of hydrogen-bond donors (Lipinski definition) is 1. The van der Waals surface area contributed by atoms with E-state index in [1.165, 1.54) is 0 Å². The van der Waals surface area contributed by atoms with E-state index in [2.05, 4.69) is 4.99 Å². The average Bonchev–Trinajstić information content (AvgIpc) is 2.97. The lowest BCUT2D eigenvalue weighted by molar-refractivity contribution is -0.139. The molecule has 0 saturated heterocycles. The molecule has 0 fully saturated rings. The minimum atomic E-state index is -1.04. The van der Waals surface area contributed by atoms with Crippen LogP contribution in [0.5, 0.6) is 5.75 Å². The molecule has 1 N–H and O–H groups in total. The van der Waals surface area contributed by atoms with Crippen molar-refractivity contribution < 1.29 is 24.2 Å². The molecule has 132 valence electrons. The van der Waals surface area contributed by atoms with Crippen LogP contribution in [0, 0.1) is 13.8 Å². The first-order valence-electron chi connectivity index (χ1n) is 7.97. The molecule has 0 amide bonds. The number of carboxylic acid groups (broad SMARTS) is 1. The highest BCUT2D eigenvalue weighted by Gasteiger charge is 2.24. The minimum absolute atomic E-state index is 0.206. The molecule has 6 nitrogen and oxygen atoms in total. The Morgan fingerprint density at radius 3 is 2.54 bits per heavy atom. The van der Waals surface area contributed by atoms with Crippen LogP contribution < -0.4 is 4.74 Å². The summed E-state index contributed by atoms with van der Waals surface area (Å²) in [6.45, 7) is 3.59. The molecule has 0 atom stereocenters. The van der Waals surface area contributed by atoms with Crippen molar-refractivity contribution in [3.05, 3.63) is 70.4 Å². The monoisotopic (exact) mass is 351 g/mol. The lowest BCUT2D eigenvalue weighted by atomic mass is 10.1. The van der Waals surface area contributed by atoms with Crippen LogP contribution in [0.4, 0.5) is 0 Å². The summed E-state index contributed by atoms with van der Waals surface area (Å²) in [6.07, 6.45) is 1.61. The zero-order valence-corrected chi connectivity index (χ0v) is 14.4. The number of aryl methyl sites for hydroxylation is 2. The van der Waals surface area contributed by atoms with Crippen molar-refractivity contribution in [2.45, 2.75) is 13.8 Å². The van der Waals surface area contributed by atoms with Gasteiger partial charge in [-0.15, -0.1) is 0 Å². The second-order valence-corrected chi connectivity index (χ2v) is 5.89. The molecule has 0 bridgehead atoms. The number of aliphatic imine (C=N–C) groups is 1. The smallest absolute Gasteiger partial charge is 0.363 e. The molecule has 0 unspecified atom stereocenters. The van der Waals surface area contributed by atoms with Crippen LogP contribution in [0.3, 0.4) is 0 Å². The van der Waals surface area contributed by atoms with Crippen molar-refractivity contribution in [1.29, 1.82) is 0 Å². The first-order valence-corrected chi connectivity index (χ1v) is 7.97. The first-order chi connectivity index (χ1) is 12.4. The lowest BCUT2D eigenvalue weighted by Gasteiger charge is -2.03. The summed E-state index contributed by atoms with van der Waals surface area (Å²) in [4.78, 5) is 26.8. The number of carbonyl (C=O) groups excluding carboxylic acids is 1. The first kappa shape index (κ1) is 17.4. The molecule has 0 saturated carbocycles. The van der Waals surface area contributed by atoms with E-state index >= 15 is 0 Å². The van der Waals surface area contributed by atoms with Crippen molar-refractivity contribution >= 4 is 23.9 Å². The van der Waals surface area contributed by atoms with E-state index in [0.29, 0.717) is 5.75 Å². The summed E-state index contributed by atoms with van der Waals surface area (Å²) < 4.78 is 10.3. The van der Waals surface area contributed by atoms with Crippen molar-refractivity contribution in [3.63, 3.8) is 0 Å². The predicted octanol–water partition coefficient (Wildman–Crippen LogP) is 3.11. The zero-order chi connectivity index (χ0) is 18.7. The molecule has 2 aromatic rings. The Kier molecular flexibility index (Phi) is 4.84. The molecule has 1 heterocycles. The Morgan fingerprint density at radius 2 is 1.88 bits per heavy atom. The van der Waals surface area contributed by atoms with E-state index in [-0.39, 0.29) is 11.6 Å². The molecule has 0 radical (unpaired) electrons. The zero-order valence-electron chi connectivity index (χ0n) is 14.4. The largest absolute Gasteiger partial charge is 0.482 e. The van der Waals surface area contributed by atoms with Crippen molar-refractivity contribution in [1.82, 2.24) is 0 Å². The third-order valence-electron chi connectivity index (χ3n) is 3.92. The van der Waals surface area contributed by atoms with Gasteiger partial charge in [-0.05, 0) is 60.9 Å². The van der Waals surface area contributed by atoms with E-state index in [0.717, 1.165) is 22.3 Å². The summed E-state index contributed by atoms with van der Waals surface area (Å²) in [5.41, 5.74) is 3.93. The van der Waals surface area contributed by atoms with Gasteiger partial charge in [-0.2, -0.15) is 0 Å². The van der Waals surface area contributed by atoms with Gasteiger partial charge in [0.25, 0.3) is 0 Å². The van der Waals surface area contributed by atoms with Crippen molar-refractivity contribution in [3.8, 4) is 5.75 Å². The molecule has 3 rings (SSSR count). The fourth-order valence-electron chi connectivity index (χ4n) is 2.37. The van der Waals surface area contributed by atoms with Gasteiger partial charge in [-0.25, -0.2) is 14.6 Å². The molecule has 26 heavy (non-hydrogen) atoms. The molecule has 2 aromatic carbocycles. The van der Waals surface area contributed by atoms with Gasteiger partial charge in [0.2, 0.25) is 5.90 Å². The number of benzene rings is 2. The number of hydrogen-bond acceptors (Lipinski definition) is 5. The predicted molar refractivity (Wildman–Crippen MR) is 96.1 cm³/mol. The summed E-state index contributed by atoms with van der Waals surface area (Å²) >= 11 is 0. The maximum Gasteiger partial charge on any atom is 0.363 e. The number of ether oxygens (including phenoxy) is 2. The van der Waals surface area contributed by atoms with Gasteiger partial charge in [0.1, 0.15) is 5.75 Å². The molecule has 1 aliphatic heterocycles. The third-order valence-corrected chi connectivity index (χ3v) is 3.92. The quantitative estimate of drug-likeness (QED) is 0.661. The van der Waals surface area contributed by atoms with Crippen LogP contribution in [-0.2, 0) is 14.3 Å². The van der Waals surface area contributed by atoms with Crippen LogP contribution in [0.25, 0.3) is 6.08 Å². The Morgan fingerprint density at radius 1 is 1.15 bits per heavy atom. The van der Waals surface area contributed by atoms with Crippen LogP contribution in [-0.4, -0.2) is 29.5 Å². The fourth-order valence-corrected chi connectivity index (χ4v) is 2.37. The summed E-state index contributed by atoms with van der Waals surface area (Å²) in [6, 6.07) is 12.4. The van der Waals surface area contributed by atoms with E-state index in [1.807, 2.05) is 32.0 Å². The highest BCUT2D eigenvalue weighted by Crippen LogP contribution is 2.21. The summed E-state index contributed by atoms with van der Waals surface area (Å²) in [5, 5.41) is 8.60. The van der Waals surface area contributed by atoms with Crippen molar-refractivity contribution in [2.24, 2.45) is 4.99 Å². The Hall–Kier alpha value is -3.41. The number of carboxylic acids is 1. The van der Waals surface area contributed by atoms with E-state index < -0.39 is 18.5 Å². The fraction of sp³-hybridized carbons (Fsp3) is 0.150. The number of aliphatic carboxylic acids is 1. The maximum atomic E-state index is 12.1. The third kappa shape index (κ3) is 3.97. The number of nitrogens with zero attached hydrogens (tertiary/aromatic N) is 1. The molecular formula is C20H17NO5. The van der Waals surface area contributed by atoms with E-state index in [9.17, 15) is 9.59 Å². The Labute approximate surface area is 150 Å². The van der Waals surface area contributed by atoms with Crippen LogP contribution in [0.2, 0.25) is 0 Å². The second kappa shape index (κ2) is 7.23. The average molecular weight is 351 g/mol. The molecule has 1 aliphatic rings. The van der Waals surface area contributed by atoms with Gasteiger partial charge in [0.05, 0.1) is 0 Å². The van der Waals surface area contributed by atoms with Crippen LogP contribution in [0.15, 0.2) is 53.2 Å². The maximum absolute atomic E-state index is 12.1. The van der Waals surface area contributed by atoms with E-state index in [4.69, 9.17) is 14.6 Å². The van der Waals surface area contributed by atoms with E-state index in [1.54, 1.807) is 30.3 Å². The van der Waals surface area contributed by atoms with Crippen LogP contribution in [0.1, 0.15) is 22.3 Å². The van der Waals surface area contributed by atoms with Gasteiger partial charge in [0, 0.05) is 5.56 Å². The van der Waals surface area contributed by atoms with Gasteiger partial charge in [0.15, 0.2) is 12.3 Å². The molecule has 0 aliphatic carbocycles. The highest BCUT2D eigenvalue weighted by atomic mass is 16.6. The summed E-state index contributed by atoms with van der Waals surface area (Å²) in [7, 11) is 0. The number of rotatable bonds is 5. The number of carbonyl (C=O) groups is 2.